The molecule has 0 bridgehead atoms. The molecule has 1 aliphatic carbocycles. The summed E-state index contributed by atoms with van der Waals surface area (Å²) in [6.45, 7) is 6.22. The highest BCUT2D eigenvalue weighted by atomic mass is 35.5. The number of amides is 1. The summed E-state index contributed by atoms with van der Waals surface area (Å²) < 4.78 is 5.82. The van der Waals surface area contributed by atoms with E-state index in [0.29, 0.717) is 12.0 Å². The minimum absolute atomic E-state index is 0.0251. The molecule has 0 atom stereocenters. The van der Waals surface area contributed by atoms with Crippen LogP contribution in [0.25, 0.3) is 0 Å². The number of rotatable bonds is 5. The molecule has 1 fully saturated rings. The largest absolute Gasteiger partial charge is 0.483 e. The Morgan fingerprint density at radius 3 is 2.46 bits per heavy atom. The van der Waals surface area contributed by atoms with Crippen LogP contribution in [0, 0.1) is 6.92 Å². The molecule has 0 unspecified atom stereocenters. The average Bonchev–Trinajstić information content (AvgIpc) is 2.50. The number of aryl methyl sites for hydroxylation is 1. The number of ether oxygens (including phenoxy) is 1. The van der Waals surface area contributed by atoms with Crippen LogP contribution < -0.4 is 10.1 Å². The van der Waals surface area contributed by atoms with E-state index in [9.17, 15) is 4.79 Å². The van der Waals surface area contributed by atoms with Gasteiger partial charge in [0.15, 0.2) is 6.61 Å². The molecule has 0 spiro atoms. The fourth-order valence-electron chi connectivity index (χ4n) is 3.26. The van der Waals surface area contributed by atoms with Gasteiger partial charge >= 0.3 is 0 Å². The van der Waals surface area contributed by atoms with Gasteiger partial charge in [-0.1, -0.05) is 57.6 Å². The first-order valence-corrected chi connectivity index (χ1v) is 9.57. The maximum absolute atomic E-state index is 12.3. The second kappa shape index (κ2) is 9.31. The predicted molar refractivity (Wildman–Crippen MR) is 100 cm³/mol. The Morgan fingerprint density at radius 1 is 1.21 bits per heavy atom. The molecular formula is C20H30ClNO2. The summed E-state index contributed by atoms with van der Waals surface area (Å²) in [7, 11) is 0. The Labute approximate surface area is 151 Å². The van der Waals surface area contributed by atoms with Crippen molar-refractivity contribution in [3.05, 3.63) is 28.3 Å². The lowest BCUT2D eigenvalue weighted by atomic mass is 9.97. The topological polar surface area (TPSA) is 38.3 Å². The van der Waals surface area contributed by atoms with Crippen molar-refractivity contribution in [3.63, 3.8) is 0 Å². The molecular weight excluding hydrogens is 322 g/mol. The first-order chi connectivity index (χ1) is 11.5. The van der Waals surface area contributed by atoms with Crippen molar-refractivity contribution in [2.75, 3.05) is 6.61 Å². The second-order valence-electron chi connectivity index (χ2n) is 7.19. The number of hydrogen-bond donors (Lipinski definition) is 1. The molecule has 0 aliphatic heterocycles. The summed E-state index contributed by atoms with van der Waals surface area (Å²) in [6.07, 6.45) is 8.48. The van der Waals surface area contributed by atoms with Gasteiger partial charge in [-0.2, -0.15) is 0 Å². The van der Waals surface area contributed by atoms with Crippen LogP contribution in [-0.2, 0) is 4.79 Å². The summed E-state index contributed by atoms with van der Waals surface area (Å²) in [5, 5.41) is 3.88. The van der Waals surface area contributed by atoms with Gasteiger partial charge in [0.05, 0.1) is 0 Å². The zero-order valence-electron chi connectivity index (χ0n) is 15.2. The smallest absolute Gasteiger partial charge is 0.258 e. The van der Waals surface area contributed by atoms with Crippen molar-refractivity contribution in [3.8, 4) is 5.75 Å². The average molecular weight is 352 g/mol. The molecule has 1 aliphatic rings. The van der Waals surface area contributed by atoms with E-state index >= 15 is 0 Å². The SMILES string of the molecule is Cc1cc(OCC(=O)NC2CCCCCCC2)c(C(C)C)cc1Cl. The van der Waals surface area contributed by atoms with Crippen molar-refractivity contribution in [1.29, 1.82) is 0 Å². The van der Waals surface area contributed by atoms with Gasteiger partial charge in [-0.15, -0.1) is 0 Å². The molecule has 0 heterocycles. The van der Waals surface area contributed by atoms with E-state index in [1.807, 2.05) is 19.1 Å². The van der Waals surface area contributed by atoms with Crippen LogP contribution in [0.15, 0.2) is 12.1 Å². The molecule has 3 nitrogen and oxygen atoms in total. The zero-order chi connectivity index (χ0) is 17.5. The highest BCUT2D eigenvalue weighted by Gasteiger charge is 2.16. The number of carbonyl (C=O) groups is 1. The highest BCUT2D eigenvalue weighted by molar-refractivity contribution is 6.31. The molecule has 2 rings (SSSR count). The second-order valence-corrected chi connectivity index (χ2v) is 7.60. The normalized spacial score (nSPS) is 16.5. The molecule has 24 heavy (non-hydrogen) atoms. The fourth-order valence-corrected chi connectivity index (χ4v) is 3.43. The molecule has 1 aromatic carbocycles. The van der Waals surface area contributed by atoms with Crippen LogP contribution in [0.1, 0.15) is 75.8 Å². The molecule has 0 radical (unpaired) electrons. The van der Waals surface area contributed by atoms with E-state index in [-0.39, 0.29) is 12.5 Å². The van der Waals surface area contributed by atoms with E-state index in [4.69, 9.17) is 16.3 Å². The summed E-state index contributed by atoms with van der Waals surface area (Å²) >= 11 is 6.22. The number of carbonyl (C=O) groups excluding carboxylic acids is 1. The van der Waals surface area contributed by atoms with Crippen molar-refractivity contribution >= 4 is 17.5 Å². The summed E-state index contributed by atoms with van der Waals surface area (Å²) in [5.74, 6) is 1.04. The van der Waals surface area contributed by atoms with Gasteiger partial charge in [0.25, 0.3) is 5.91 Å². The monoisotopic (exact) mass is 351 g/mol. The molecule has 1 amide bonds. The summed E-state index contributed by atoms with van der Waals surface area (Å²) in [6, 6.07) is 4.18. The first-order valence-electron chi connectivity index (χ1n) is 9.19. The van der Waals surface area contributed by atoms with Gasteiger partial charge in [0.2, 0.25) is 0 Å². The Morgan fingerprint density at radius 2 is 1.83 bits per heavy atom. The van der Waals surface area contributed by atoms with Gasteiger partial charge < -0.3 is 10.1 Å². The minimum atomic E-state index is -0.0251. The predicted octanol–water partition coefficient (Wildman–Crippen LogP) is 5.38. The molecule has 1 saturated carbocycles. The van der Waals surface area contributed by atoms with Gasteiger partial charge in [0, 0.05) is 11.1 Å². The molecule has 1 N–H and O–H groups in total. The maximum atomic E-state index is 12.3. The third-order valence-electron chi connectivity index (χ3n) is 4.74. The van der Waals surface area contributed by atoms with Gasteiger partial charge in [-0.05, 0) is 48.9 Å². The minimum Gasteiger partial charge on any atom is -0.483 e. The summed E-state index contributed by atoms with van der Waals surface area (Å²) in [5.41, 5.74) is 2.01. The Balaban J connectivity index is 1.92. The van der Waals surface area contributed by atoms with Crippen LogP contribution in [0.5, 0.6) is 5.75 Å². The Bertz CT molecular complexity index is 549. The highest BCUT2D eigenvalue weighted by Crippen LogP contribution is 2.32. The molecule has 134 valence electrons. The third-order valence-corrected chi connectivity index (χ3v) is 5.15. The van der Waals surface area contributed by atoms with Crippen molar-refractivity contribution < 1.29 is 9.53 Å². The quantitative estimate of drug-likeness (QED) is 0.773. The van der Waals surface area contributed by atoms with Crippen LogP contribution in [0.2, 0.25) is 5.02 Å². The van der Waals surface area contributed by atoms with E-state index in [2.05, 4.69) is 19.2 Å². The van der Waals surface area contributed by atoms with E-state index < -0.39 is 0 Å². The van der Waals surface area contributed by atoms with E-state index in [1.54, 1.807) is 0 Å². The van der Waals surface area contributed by atoms with Crippen LogP contribution >= 0.6 is 11.6 Å². The van der Waals surface area contributed by atoms with Crippen molar-refractivity contribution in [1.82, 2.24) is 5.32 Å². The number of nitrogens with one attached hydrogen (secondary N) is 1. The lowest BCUT2D eigenvalue weighted by Gasteiger charge is -2.21. The lowest BCUT2D eigenvalue weighted by Crippen LogP contribution is -2.38. The van der Waals surface area contributed by atoms with E-state index in [0.717, 1.165) is 34.7 Å². The Kier molecular flexibility index (Phi) is 7.41. The summed E-state index contributed by atoms with van der Waals surface area (Å²) in [4.78, 5) is 12.3. The first kappa shape index (κ1) is 19.1. The van der Waals surface area contributed by atoms with Gasteiger partial charge in [0.1, 0.15) is 5.75 Å². The lowest BCUT2D eigenvalue weighted by molar-refractivity contribution is -0.123. The molecule has 1 aromatic rings. The number of benzene rings is 1. The fraction of sp³-hybridized carbons (Fsp3) is 0.650. The van der Waals surface area contributed by atoms with Gasteiger partial charge in [-0.3, -0.25) is 4.79 Å². The van der Waals surface area contributed by atoms with Crippen molar-refractivity contribution in [2.45, 2.75) is 77.7 Å². The van der Waals surface area contributed by atoms with E-state index in [1.165, 1.54) is 32.1 Å². The van der Waals surface area contributed by atoms with Gasteiger partial charge in [-0.25, -0.2) is 0 Å². The number of hydrogen-bond acceptors (Lipinski definition) is 2. The van der Waals surface area contributed by atoms with Crippen LogP contribution in [-0.4, -0.2) is 18.6 Å². The molecule has 0 saturated heterocycles. The Hall–Kier alpha value is -1.22. The number of halogens is 1. The molecule has 4 heteroatoms. The van der Waals surface area contributed by atoms with Crippen LogP contribution in [0.3, 0.4) is 0 Å². The van der Waals surface area contributed by atoms with Crippen LogP contribution in [0.4, 0.5) is 0 Å². The zero-order valence-corrected chi connectivity index (χ0v) is 15.9. The standard InChI is InChI=1S/C20H30ClNO2/c1-14(2)17-12-18(21)15(3)11-19(17)24-13-20(23)22-16-9-7-5-4-6-8-10-16/h11-12,14,16H,4-10,13H2,1-3H3,(H,22,23). The maximum Gasteiger partial charge on any atom is 0.258 e. The molecule has 0 aromatic heterocycles. The van der Waals surface area contributed by atoms with Crippen molar-refractivity contribution in [2.24, 2.45) is 0 Å². The third kappa shape index (κ3) is 5.70.